The van der Waals surface area contributed by atoms with Crippen LogP contribution in [0.1, 0.15) is 29.2 Å². The highest BCUT2D eigenvalue weighted by molar-refractivity contribution is 5.72. The number of para-hydroxylation sites is 1. The smallest absolute Gasteiger partial charge is 0.178 e. The molecular formula is C24H23NO2. The molecule has 0 spiro atoms. The molecule has 1 aliphatic carbocycles. The average molecular weight is 357 g/mol. The van der Waals surface area contributed by atoms with E-state index in [-0.39, 0.29) is 11.5 Å². The fourth-order valence-electron chi connectivity index (χ4n) is 4.07. The predicted molar refractivity (Wildman–Crippen MR) is 109 cm³/mol. The lowest BCUT2D eigenvalue weighted by molar-refractivity contribution is 0.223. The SMILES string of the molecule is CN(Cc1ccccc1O)C1CCc2ccccc2-c2cccc(=O)cc21. The van der Waals surface area contributed by atoms with E-state index < -0.39 is 0 Å². The van der Waals surface area contributed by atoms with Crippen molar-refractivity contribution >= 4 is 0 Å². The molecule has 0 heterocycles. The van der Waals surface area contributed by atoms with Gasteiger partial charge in [0, 0.05) is 18.2 Å². The Morgan fingerprint density at radius 3 is 2.56 bits per heavy atom. The zero-order chi connectivity index (χ0) is 18.8. The summed E-state index contributed by atoms with van der Waals surface area (Å²) < 4.78 is 0. The first-order valence-corrected chi connectivity index (χ1v) is 9.33. The molecule has 0 radical (unpaired) electrons. The summed E-state index contributed by atoms with van der Waals surface area (Å²) in [7, 11) is 2.06. The third-order valence-electron chi connectivity index (χ3n) is 5.43. The summed E-state index contributed by atoms with van der Waals surface area (Å²) in [6, 6.07) is 23.3. The van der Waals surface area contributed by atoms with Crippen LogP contribution >= 0.6 is 0 Å². The van der Waals surface area contributed by atoms with Crippen LogP contribution in [0, 0.1) is 0 Å². The van der Waals surface area contributed by atoms with Gasteiger partial charge in [-0.15, -0.1) is 0 Å². The van der Waals surface area contributed by atoms with E-state index in [2.05, 4.69) is 42.3 Å². The molecule has 1 atom stereocenters. The molecule has 27 heavy (non-hydrogen) atoms. The molecule has 0 amide bonds. The summed E-state index contributed by atoms with van der Waals surface area (Å²) in [5.74, 6) is 0.310. The zero-order valence-corrected chi connectivity index (χ0v) is 15.4. The molecule has 0 bridgehead atoms. The highest BCUT2D eigenvalue weighted by Gasteiger charge is 2.25. The lowest BCUT2D eigenvalue weighted by Gasteiger charge is -2.28. The second kappa shape index (κ2) is 7.37. The Morgan fingerprint density at radius 1 is 0.963 bits per heavy atom. The largest absolute Gasteiger partial charge is 0.508 e. The minimum Gasteiger partial charge on any atom is -0.508 e. The molecule has 3 aromatic carbocycles. The van der Waals surface area contributed by atoms with Crippen molar-refractivity contribution in [1.82, 2.24) is 4.90 Å². The summed E-state index contributed by atoms with van der Waals surface area (Å²) in [5.41, 5.74) is 5.63. The van der Waals surface area contributed by atoms with Gasteiger partial charge in [0.25, 0.3) is 0 Å². The third-order valence-corrected chi connectivity index (χ3v) is 5.43. The number of nitrogens with zero attached hydrogens (tertiary/aromatic N) is 1. The highest BCUT2D eigenvalue weighted by Crippen LogP contribution is 2.39. The maximum atomic E-state index is 12.3. The summed E-state index contributed by atoms with van der Waals surface area (Å²) in [6.07, 6.45) is 1.89. The Hall–Kier alpha value is -2.91. The first-order chi connectivity index (χ1) is 13.1. The van der Waals surface area contributed by atoms with Crippen molar-refractivity contribution in [2.75, 3.05) is 7.05 Å². The van der Waals surface area contributed by atoms with E-state index in [1.807, 2.05) is 24.3 Å². The van der Waals surface area contributed by atoms with Gasteiger partial charge in [0.2, 0.25) is 0 Å². The second-order valence-electron chi connectivity index (χ2n) is 7.20. The minimum absolute atomic E-state index is 0.0246. The van der Waals surface area contributed by atoms with E-state index in [0.717, 1.165) is 29.5 Å². The van der Waals surface area contributed by atoms with Crippen molar-refractivity contribution in [3.8, 4) is 16.9 Å². The number of rotatable bonds is 3. The van der Waals surface area contributed by atoms with Crippen LogP contribution in [0.25, 0.3) is 11.1 Å². The van der Waals surface area contributed by atoms with Gasteiger partial charge in [0.1, 0.15) is 5.75 Å². The van der Waals surface area contributed by atoms with Gasteiger partial charge >= 0.3 is 0 Å². The van der Waals surface area contributed by atoms with Crippen LogP contribution in [0.4, 0.5) is 0 Å². The first kappa shape index (κ1) is 17.5. The molecule has 0 aliphatic heterocycles. The molecule has 0 fully saturated rings. The number of aryl methyl sites for hydroxylation is 1. The Balaban J connectivity index is 1.80. The van der Waals surface area contributed by atoms with Crippen molar-refractivity contribution in [3.63, 3.8) is 0 Å². The Bertz CT molecular complexity index is 1030. The van der Waals surface area contributed by atoms with Crippen LogP contribution in [-0.4, -0.2) is 17.1 Å². The van der Waals surface area contributed by atoms with Gasteiger partial charge in [-0.25, -0.2) is 0 Å². The quantitative estimate of drug-likeness (QED) is 0.748. The van der Waals surface area contributed by atoms with Crippen LogP contribution in [0.15, 0.2) is 77.6 Å². The van der Waals surface area contributed by atoms with Crippen molar-refractivity contribution in [1.29, 1.82) is 0 Å². The van der Waals surface area contributed by atoms with Crippen LogP contribution in [-0.2, 0) is 13.0 Å². The standard InChI is InChI=1S/C24H23NO2/c1-25(16-18-8-3-5-12-24(18)27)23-14-13-17-7-2-4-10-20(17)21-11-6-9-19(26)15-22(21)23/h2-12,15,23,27H,13-14,16H2,1H3. The van der Waals surface area contributed by atoms with Gasteiger partial charge in [0.15, 0.2) is 5.43 Å². The van der Waals surface area contributed by atoms with Crippen LogP contribution in [0.3, 0.4) is 0 Å². The molecule has 136 valence electrons. The van der Waals surface area contributed by atoms with Crippen LogP contribution in [0.2, 0.25) is 0 Å². The van der Waals surface area contributed by atoms with Gasteiger partial charge < -0.3 is 5.11 Å². The van der Waals surface area contributed by atoms with Gasteiger partial charge in [-0.3, -0.25) is 9.69 Å². The van der Waals surface area contributed by atoms with Crippen molar-refractivity contribution < 1.29 is 5.11 Å². The summed E-state index contributed by atoms with van der Waals surface area (Å²) in [5, 5.41) is 10.2. The van der Waals surface area contributed by atoms with E-state index >= 15 is 0 Å². The zero-order valence-electron chi connectivity index (χ0n) is 15.4. The van der Waals surface area contributed by atoms with Crippen LogP contribution < -0.4 is 5.43 Å². The molecule has 1 unspecified atom stereocenters. The van der Waals surface area contributed by atoms with Gasteiger partial charge in [-0.1, -0.05) is 54.6 Å². The van der Waals surface area contributed by atoms with Gasteiger partial charge in [-0.2, -0.15) is 0 Å². The van der Waals surface area contributed by atoms with E-state index in [4.69, 9.17) is 0 Å². The lowest BCUT2D eigenvalue weighted by atomic mass is 9.97. The van der Waals surface area contributed by atoms with E-state index in [0.29, 0.717) is 12.3 Å². The Kier molecular flexibility index (Phi) is 4.78. The van der Waals surface area contributed by atoms with Crippen molar-refractivity contribution in [3.05, 3.63) is 99.7 Å². The fraction of sp³-hybridized carbons (Fsp3) is 0.208. The molecule has 0 saturated carbocycles. The number of benzene rings is 2. The number of phenols is 1. The maximum absolute atomic E-state index is 12.3. The van der Waals surface area contributed by atoms with E-state index in [1.54, 1.807) is 18.2 Å². The Morgan fingerprint density at radius 2 is 1.70 bits per heavy atom. The summed E-state index contributed by atoms with van der Waals surface area (Å²) in [6.45, 7) is 0.625. The van der Waals surface area contributed by atoms with Crippen molar-refractivity contribution in [2.45, 2.75) is 25.4 Å². The monoisotopic (exact) mass is 357 g/mol. The highest BCUT2D eigenvalue weighted by atomic mass is 16.3. The topological polar surface area (TPSA) is 40.5 Å². The number of hydrogen-bond donors (Lipinski definition) is 1. The molecule has 0 saturated heterocycles. The number of aromatic hydroxyl groups is 1. The van der Waals surface area contributed by atoms with Crippen LogP contribution in [0.5, 0.6) is 5.75 Å². The second-order valence-corrected chi connectivity index (χ2v) is 7.20. The Labute approximate surface area is 159 Å². The number of fused-ring (bicyclic) bond motifs is 3. The summed E-state index contributed by atoms with van der Waals surface area (Å²) >= 11 is 0. The number of phenolic OH excluding ortho intramolecular Hbond substituents is 1. The molecule has 1 N–H and O–H groups in total. The minimum atomic E-state index is 0.0246. The molecule has 1 aliphatic rings. The molecule has 0 aromatic heterocycles. The van der Waals surface area contributed by atoms with E-state index in [9.17, 15) is 9.90 Å². The van der Waals surface area contributed by atoms with E-state index in [1.165, 1.54) is 11.1 Å². The normalized spacial score (nSPS) is 15.7. The van der Waals surface area contributed by atoms with Gasteiger partial charge in [-0.05, 0) is 60.3 Å². The predicted octanol–water partition coefficient (Wildman–Crippen LogP) is 4.54. The molecular weight excluding hydrogens is 334 g/mol. The first-order valence-electron chi connectivity index (χ1n) is 9.33. The van der Waals surface area contributed by atoms with Crippen molar-refractivity contribution in [2.24, 2.45) is 0 Å². The molecule has 4 rings (SSSR count). The summed E-state index contributed by atoms with van der Waals surface area (Å²) in [4.78, 5) is 14.5. The average Bonchev–Trinajstić information content (AvgIpc) is 2.94. The maximum Gasteiger partial charge on any atom is 0.178 e. The number of hydrogen-bond acceptors (Lipinski definition) is 3. The third kappa shape index (κ3) is 3.51. The molecule has 3 heteroatoms. The molecule has 3 nitrogen and oxygen atoms in total. The fourth-order valence-corrected chi connectivity index (χ4v) is 4.07. The van der Waals surface area contributed by atoms with Gasteiger partial charge in [0.05, 0.1) is 0 Å². The lowest BCUT2D eigenvalue weighted by Crippen LogP contribution is -2.25. The molecule has 3 aromatic rings.